The van der Waals surface area contributed by atoms with Gasteiger partial charge in [0.15, 0.2) is 6.10 Å². The van der Waals surface area contributed by atoms with E-state index in [-0.39, 0.29) is 24.5 Å². The number of aromatic nitrogens is 2. The number of aliphatic hydroxyl groups is 1. The van der Waals surface area contributed by atoms with Gasteiger partial charge < -0.3 is 25.0 Å². The molecule has 1 aliphatic carbocycles. The number of fused-ring (bicyclic) bond motifs is 5. The fraction of sp³-hybridized carbons (Fsp3) is 0.312. The molecule has 0 bridgehead atoms. The molecule has 0 radical (unpaired) electrons. The maximum atomic E-state index is 15.1. The highest BCUT2D eigenvalue weighted by molar-refractivity contribution is 5.95. The zero-order valence-electron chi connectivity index (χ0n) is 24.0. The van der Waals surface area contributed by atoms with E-state index in [9.17, 15) is 19.5 Å². The third-order valence-corrected chi connectivity index (χ3v) is 8.96. The molecule has 0 spiro atoms. The van der Waals surface area contributed by atoms with Crippen LogP contribution in [0.15, 0.2) is 41.2 Å². The first-order valence-electron chi connectivity index (χ1n) is 14.3. The van der Waals surface area contributed by atoms with E-state index in [1.165, 1.54) is 11.0 Å². The van der Waals surface area contributed by atoms with E-state index < -0.39 is 24.1 Å². The summed E-state index contributed by atoms with van der Waals surface area (Å²) in [5.41, 5.74) is 6.24. The van der Waals surface area contributed by atoms with Gasteiger partial charge >= 0.3 is 6.09 Å². The average molecular weight is 584 g/mol. The largest absolute Gasteiger partial charge is 0.444 e. The second-order valence-electron chi connectivity index (χ2n) is 11.2. The number of amides is 2. The minimum atomic E-state index is -1.39. The van der Waals surface area contributed by atoms with E-state index in [0.29, 0.717) is 58.7 Å². The molecule has 3 N–H and O–H groups in total. The lowest BCUT2D eigenvalue weighted by molar-refractivity contribution is -0.130. The SMILES string of the molecule is CCN1C(=O)OCc2c1cc1n(c2=O)Cc2c-1nc1cc(F)c(C)c3c1c2C(NC(=O)C(O)c1ccc(NC)cc1)CC3. The van der Waals surface area contributed by atoms with Crippen LogP contribution in [0.3, 0.4) is 0 Å². The predicted octanol–water partition coefficient (Wildman–Crippen LogP) is 4.23. The molecule has 4 aromatic rings. The molecular weight excluding hydrogens is 553 g/mol. The summed E-state index contributed by atoms with van der Waals surface area (Å²) in [6, 6.07) is 9.62. The van der Waals surface area contributed by atoms with Crippen molar-refractivity contribution in [3.05, 3.63) is 85.9 Å². The lowest BCUT2D eigenvalue weighted by Gasteiger charge is -2.30. The van der Waals surface area contributed by atoms with Crippen molar-refractivity contribution in [2.24, 2.45) is 0 Å². The molecule has 11 heteroatoms. The maximum Gasteiger partial charge on any atom is 0.414 e. The van der Waals surface area contributed by atoms with Crippen molar-refractivity contribution in [2.45, 2.75) is 52.0 Å². The van der Waals surface area contributed by atoms with Crippen molar-refractivity contribution < 1.29 is 23.8 Å². The summed E-state index contributed by atoms with van der Waals surface area (Å²) >= 11 is 0. The standard InChI is InChI=1S/C32H30FN5O5/c1-4-37-24-12-25-28-19(13-38(25)31(41)20(24)14-43-32(37)42)27-22(10-9-18-15(2)21(33)11-23(35-28)26(18)27)36-30(40)29(39)16-5-7-17(34-3)8-6-16/h5-8,11-12,22,29,34,39H,4,9-10,13-14H2,1-3H3,(H,36,40). The van der Waals surface area contributed by atoms with E-state index in [4.69, 9.17) is 9.72 Å². The molecule has 2 aromatic heterocycles. The molecule has 2 unspecified atom stereocenters. The second-order valence-corrected chi connectivity index (χ2v) is 11.2. The number of aryl methyl sites for hydroxylation is 1. The van der Waals surface area contributed by atoms with E-state index >= 15 is 4.39 Å². The molecule has 220 valence electrons. The molecule has 0 saturated carbocycles. The van der Waals surface area contributed by atoms with Crippen molar-refractivity contribution in [3.8, 4) is 11.4 Å². The number of benzene rings is 2. The summed E-state index contributed by atoms with van der Waals surface area (Å²) in [6.45, 7) is 3.94. The number of halogens is 1. The summed E-state index contributed by atoms with van der Waals surface area (Å²) in [7, 11) is 1.79. The molecule has 0 saturated heterocycles. The molecule has 4 heterocycles. The lowest BCUT2D eigenvalue weighted by Crippen LogP contribution is -2.39. The molecule has 2 amide bonds. The van der Waals surface area contributed by atoms with E-state index in [1.807, 2.05) is 0 Å². The Morgan fingerprint density at radius 3 is 2.67 bits per heavy atom. The number of cyclic esters (lactones) is 1. The number of nitrogens with one attached hydrogen (secondary N) is 2. The van der Waals surface area contributed by atoms with Crippen molar-refractivity contribution >= 4 is 34.3 Å². The van der Waals surface area contributed by atoms with Crippen LogP contribution in [0.25, 0.3) is 22.3 Å². The van der Waals surface area contributed by atoms with Gasteiger partial charge in [0.2, 0.25) is 0 Å². The van der Waals surface area contributed by atoms with Crippen LogP contribution in [-0.4, -0.2) is 40.3 Å². The van der Waals surface area contributed by atoms with Gasteiger partial charge in [0.25, 0.3) is 11.5 Å². The van der Waals surface area contributed by atoms with Gasteiger partial charge in [0.1, 0.15) is 12.4 Å². The number of aliphatic hydroxyl groups excluding tert-OH is 1. The van der Waals surface area contributed by atoms with Crippen LogP contribution in [0.4, 0.5) is 20.6 Å². The number of ether oxygens (including phenoxy) is 1. The Morgan fingerprint density at radius 2 is 1.95 bits per heavy atom. The Hall–Kier alpha value is -4.77. The van der Waals surface area contributed by atoms with Gasteiger partial charge in [-0.2, -0.15) is 0 Å². The highest BCUT2D eigenvalue weighted by atomic mass is 19.1. The topological polar surface area (TPSA) is 126 Å². The minimum Gasteiger partial charge on any atom is -0.444 e. The number of rotatable bonds is 5. The Balaban J connectivity index is 1.37. The van der Waals surface area contributed by atoms with Crippen molar-refractivity contribution in [3.63, 3.8) is 0 Å². The van der Waals surface area contributed by atoms with Gasteiger partial charge in [-0.25, -0.2) is 14.2 Å². The fourth-order valence-corrected chi connectivity index (χ4v) is 6.70. The van der Waals surface area contributed by atoms with E-state index in [0.717, 1.165) is 27.8 Å². The summed E-state index contributed by atoms with van der Waals surface area (Å²) in [5, 5.41) is 17.8. The quantitative estimate of drug-likeness (QED) is 0.283. The summed E-state index contributed by atoms with van der Waals surface area (Å²) in [5.74, 6) is -0.926. The van der Waals surface area contributed by atoms with Gasteiger partial charge in [-0.05, 0) is 67.1 Å². The van der Waals surface area contributed by atoms with Gasteiger partial charge in [-0.1, -0.05) is 12.1 Å². The molecule has 2 atom stereocenters. The number of hydrogen-bond donors (Lipinski definition) is 3. The monoisotopic (exact) mass is 583 g/mol. The van der Waals surface area contributed by atoms with Gasteiger partial charge in [0.05, 0.1) is 40.7 Å². The Bertz CT molecular complexity index is 1920. The second kappa shape index (κ2) is 9.91. The molecule has 0 fully saturated rings. The van der Waals surface area contributed by atoms with Crippen molar-refractivity contribution in [1.82, 2.24) is 14.9 Å². The highest BCUT2D eigenvalue weighted by Crippen LogP contribution is 2.45. The van der Waals surface area contributed by atoms with Gasteiger partial charge in [-0.15, -0.1) is 0 Å². The molecule has 2 aliphatic heterocycles. The number of carbonyl (C=O) groups excluding carboxylic acids is 2. The van der Waals surface area contributed by atoms with Crippen molar-refractivity contribution in [1.29, 1.82) is 0 Å². The van der Waals surface area contributed by atoms with Crippen LogP contribution in [0.2, 0.25) is 0 Å². The molecule has 7 rings (SSSR count). The number of hydrogen-bond acceptors (Lipinski definition) is 7. The number of anilines is 2. The zero-order chi connectivity index (χ0) is 30.2. The average Bonchev–Trinajstić information content (AvgIpc) is 3.38. The molecule has 3 aliphatic rings. The smallest absolute Gasteiger partial charge is 0.414 e. The normalized spacial score (nSPS) is 17.2. The highest BCUT2D eigenvalue weighted by Gasteiger charge is 2.37. The van der Waals surface area contributed by atoms with Crippen LogP contribution in [0, 0.1) is 12.7 Å². The Labute approximate surface area is 246 Å². The lowest BCUT2D eigenvalue weighted by atomic mass is 9.81. The first kappa shape index (κ1) is 27.1. The van der Waals surface area contributed by atoms with Crippen LogP contribution in [-0.2, 0) is 29.1 Å². The molecular formula is C32H30FN5O5. The van der Waals surface area contributed by atoms with E-state index in [2.05, 4.69) is 10.6 Å². The first-order chi connectivity index (χ1) is 20.7. The minimum absolute atomic E-state index is 0.122. The summed E-state index contributed by atoms with van der Waals surface area (Å²) < 4.78 is 22.0. The van der Waals surface area contributed by atoms with E-state index in [1.54, 1.807) is 55.8 Å². The van der Waals surface area contributed by atoms with Crippen molar-refractivity contribution in [2.75, 3.05) is 23.8 Å². The predicted molar refractivity (Wildman–Crippen MR) is 159 cm³/mol. The number of pyridine rings is 2. The number of carbonyl (C=O) groups is 2. The molecule has 2 aromatic carbocycles. The third-order valence-electron chi connectivity index (χ3n) is 8.96. The molecule has 10 nitrogen and oxygen atoms in total. The van der Waals surface area contributed by atoms with Crippen LogP contribution < -0.4 is 21.1 Å². The maximum absolute atomic E-state index is 15.1. The third kappa shape index (κ3) is 4.02. The Kier molecular flexibility index (Phi) is 6.24. The fourth-order valence-electron chi connectivity index (χ4n) is 6.70. The van der Waals surface area contributed by atoms with Crippen LogP contribution in [0.5, 0.6) is 0 Å². The Morgan fingerprint density at radius 1 is 1.19 bits per heavy atom. The molecule has 43 heavy (non-hydrogen) atoms. The number of nitrogens with zero attached hydrogens (tertiary/aromatic N) is 3. The zero-order valence-corrected chi connectivity index (χ0v) is 24.0. The summed E-state index contributed by atoms with van der Waals surface area (Å²) in [6.07, 6.45) is -0.925. The van der Waals surface area contributed by atoms with Crippen LogP contribution in [0.1, 0.15) is 58.9 Å². The van der Waals surface area contributed by atoms with Gasteiger partial charge in [0, 0.05) is 36.3 Å². The van der Waals surface area contributed by atoms with Gasteiger partial charge in [-0.3, -0.25) is 14.5 Å². The summed E-state index contributed by atoms with van der Waals surface area (Å²) in [4.78, 5) is 45.9. The van der Waals surface area contributed by atoms with Crippen LogP contribution >= 0.6 is 0 Å². The first-order valence-corrected chi connectivity index (χ1v) is 14.3.